The molecule has 0 saturated heterocycles. The molecule has 0 radical (unpaired) electrons. The quantitative estimate of drug-likeness (QED) is 0.732. The zero-order chi connectivity index (χ0) is 13.8. The third-order valence-corrected chi connectivity index (χ3v) is 4.72. The van der Waals surface area contributed by atoms with Crippen molar-refractivity contribution in [2.75, 3.05) is 11.9 Å². The molecule has 2 rings (SSSR count). The highest BCUT2D eigenvalue weighted by molar-refractivity contribution is 9.09. The summed E-state index contributed by atoms with van der Waals surface area (Å²) in [4.78, 5) is 15.4. The summed E-state index contributed by atoms with van der Waals surface area (Å²) in [5.74, 6) is 0.150. The average molecular weight is 340 g/mol. The van der Waals surface area contributed by atoms with Gasteiger partial charge in [-0.25, -0.2) is 0 Å². The zero-order valence-corrected chi connectivity index (χ0v) is 13.6. The van der Waals surface area contributed by atoms with E-state index in [1.807, 2.05) is 23.1 Å². The average Bonchev–Trinajstić information content (AvgIpc) is 2.82. The molecule has 1 heterocycles. The summed E-state index contributed by atoms with van der Waals surface area (Å²) in [6, 6.07) is 10.4. The standard InChI is InChI=1S/C15H18BrNOS/c1-11(2)17(9-5-8-16)15(18)14-10-12-6-3-4-7-13(12)19-14/h3-4,6-7,10-11H,5,8-9H2,1-2H3. The van der Waals surface area contributed by atoms with E-state index in [0.717, 1.165) is 28.6 Å². The molecule has 1 amide bonds. The minimum Gasteiger partial charge on any atom is -0.335 e. The van der Waals surface area contributed by atoms with Crippen LogP contribution in [0, 0.1) is 0 Å². The molecule has 1 aromatic heterocycles. The van der Waals surface area contributed by atoms with Crippen LogP contribution in [0.5, 0.6) is 0 Å². The smallest absolute Gasteiger partial charge is 0.264 e. The Hall–Kier alpha value is -0.870. The van der Waals surface area contributed by atoms with Crippen LogP contribution in [0.15, 0.2) is 30.3 Å². The van der Waals surface area contributed by atoms with Crippen molar-refractivity contribution in [3.05, 3.63) is 35.2 Å². The lowest BCUT2D eigenvalue weighted by molar-refractivity contribution is 0.0712. The zero-order valence-electron chi connectivity index (χ0n) is 11.2. The molecule has 0 aliphatic rings. The Balaban J connectivity index is 2.25. The normalized spacial score (nSPS) is 11.2. The number of amides is 1. The molecule has 19 heavy (non-hydrogen) atoms. The number of hydrogen-bond acceptors (Lipinski definition) is 2. The lowest BCUT2D eigenvalue weighted by atomic mass is 10.2. The molecular weight excluding hydrogens is 322 g/mol. The van der Waals surface area contributed by atoms with Gasteiger partial charge in [0.1, 0.15) is 0 Å². The molecule has 0 fully saturated rings. The Labute approximate surface area is 126 Å². The number of hydrogen-bond donors (Lipinski definition) is 0. The molecular formula is C15H18BrNOS. The summed E-state index contributed by atoms with van der Waals surface area (Å²) >= 11 is 5.01. The first-order chi connectivity index (χ1) is 9.13. The Kier molecular flexibility index (Phi) is 4.99. The number of rotatable bonds is 5. The topological polar surface area (TPSA) is 20.3 Å². The van der Waals surface area contributed by atoms with Crippen LogP contribution in [0.3, 0.4) is 0 Å². The van der Waals surface area contributed by atoms with Crippen LogP contribution in [-0.2, 0) is 0 Å². The number of fused-ring (bicyclic) bond motifs is 1. The number of benzene rings is 1. The molecule has 0 aliphatic heterocycles. The maximum absolute atomic E-state index is 12.6. The second-order valence-electron chi connectivity index (χ2n) is 4.78. The first-order valence-corrected chi connectivity index (χ1v) is 8.43. The minimum atomic E-state index is 0.150. The van der Waals surface area contributed by atoms with Crippen molar-refractivity contribution in [1.82, 2.24) is 4.90 Å². The second-order valence-corrected chi connectivity index (χ2v) is 6.66. The number of thiophene rings is 1. The van der Waals surface area contributed by atoms with Crippen molar-refractivity contribution < 1.29 is 4.79 Å². The number of carbonyl (C=O) groups excluding carboxylic acids is 1. The molecule has 2 nitrogen and oxygen atoms in total. The van der Waals surface area contributed by atoms with E-state index < -0.39 is 0 Å². The van der Waals surface area contributed by atoms with Crippen molar-refractivity contribution in [2.45, 2.75) is 26.3 Å². The van der Waals surface area contributed by atoms with Gasteiger partial charge in [-0.2, -0.15) is 0 Å². The highest BCUT2D eigenvalue weighted by Crippen LogP contribution is 2.26. The summed E-state index contributed by atoms with van der Waals surface area (Å²) in [7, 11) is 0. The SMILES string of the molecule is CC(C)N(CCCBr)C(=O)c1cc2ccccc2s1. The van der Waals surface area contributed by atoms with Gasteiger partial charge in [0.25, 0.3) is 5.91 Å². The molecule has 1 aromatic carbocycles. The van der Waals surface area contributed by atoms with Crippen molar-refractivity contribution in [3.8, 4) is 0 Å². The third kappa shape index (κ3) is 3.37. The van der Waals surface area contributed by atoms with Crippen LogP contribution in [0.2, 0.25) is 0 Å². The Morgan fingerprint density at radius 2 is 2.11 bits per heavy atom. The third-order valence-electron chi connectivity index (χ3n) is 3.05. The summed E-state index contributed by atoms with van der Waals surface area (Å²) in [5, 5.41) is 2.08. The molecule has 0 spiro atoms. The van der Waals surface area contributed by atoms with Gasteiger partial charge in [-0.3, -0.25) is 4.79 Å². The molecule has 0 saturated carbocycles. The van der Waals surface area contributed by atoms with Gasteiger partial charge in [-0.1, -0.05) is 34.1 Å². The van der Waals surface area contributed by atoms with Gasteiger partial charge in [0.15, 0.2) is 0 Å². The maximum atomic E-state index is 12.6. The van der Waals surface area contributed by atoms with Crippen LogP contribution >= 0.6 is 27.3 Å². The lowest BCUT2D eigenvalue weighted by Gasteiger charge is -2.25. The van der Waals surface area contributed by atoms with E-state index in [2.05, 4.69) is 41.9 Å². The minimum absolute atomic E-state index is 0.150. The summed E-state index contributed by atoms with van der Waals surface area (Å²) in [5.41, 5.74) is 0. The van der Waals surface area contributed by atoms with Gasteiger partial charge in [-0.15, -0.1) is 11.3 Å². The molecule has 2 aromatic rings. The molecule has 0 atom stereocenters. The Bertz CT molecular complexity index is 531. The van der Waals surface area contributed by atoms with Crippen LogP contribution < -0.4 is 0 Å². The summed E-state index contributed by atoms with van der Waals surface area (Å²) < 4.78 is 1.18. The van der Waals surface area contributed by atoms with E-state index in [9.17, 15) is 4.79 Å². The van der Waals surface area contributed by atoms with E-state index in [-0.39, 0.29) is 11.9 Å². The van der Waals surface area contributed by atoms with Crippen molar-refractivity contribution in [1.29, 1.82) is 0 Å². The van der Waals surface area contributed by atoms with Gasteiger partial charge in [-0.05, 0) is 37.8 Å². The van der Waals surface area contributed by atoms with Crippen LogP contribution in [0.1, 0.15) is 29.9 Å². The highest BCUT2D eigenvalue weighted by Gasteiger charge is 2.20. The fraction of sp³-hybridized carbons (Fsp3) is 0.400. The maximum Gasteiger partial charge on any atom is 0.264 e. The number of alkyl halides is 1. The van der Waals surface area contributed by atoms with Gasteiger partial charge >= 0.3 is 0 Å². The second kappa shape index (κ2) is 6.53. The van der Waals surface area contributed by atoms with E-state index >= 15 is 0 Å². The van der Waals surface area contributed by atoms with E-state index in [0.29, 0.717) is 0 Å². The van der Waals surface area contributed by atoms with E-state index in [1.54, 1.807) is 11.3 Å². The highest BCUT2D eigenvalue weighted by atomic mass is 79.9. The van der Waals surface area contributed by atoms with E-state index in [1.165, 1.54) is 4.70 Å². The summed E-state index contributed by atoms with van der Waals surface area (Å²) in [6.07, 6.45) is 0.981. The molecule has 0 bridgehead atoms. The fourth-order valence-corrected chi connectivity index (χ4v) is 3.32. The predicted molar refractivity (Wildman–Crippen MR) is 86.4 cm³/mol. The van der Waals surface area contributed by atoms with Crippen molar-refractivity contribution in [2.24, 2.45) is 0 Å². The first-order valence-electron chi connectivity index (χ1n) is 6.49. The van der Waals surface area contributed by atoms with Gasteiger partial charge in [0, 0.05) is 22.6 Å². The number of carbonyl (C=O) groups is 1. The lowest BCUT2D eigenvalue weighted by Crippen LogP contribution is -2.37. The summed E-state index contributed by atoms with van der Waals surface area (Å²) in [6.45, 7) is 4.94. The first kappa shape index (κ1) is 14.5. The largest absolute Gasteiger partial charge is 0.335 e. The predicted octanol–water partition coefficient (Wildman–Crippen LogP) is 4.54. The number of nitrogens with zero attached hydrogens (tertiary/aromatic N) is 1. The number of halogens is 1. The van der Waals surface area contributed by atoms with Gasteiger partial charge < -0.3 is 4.90 Å². The molecule has 4 heteroatoms. The molecule has 0 aliphatic carbocycles. The van der Waals surface area contributed by atoms with Crippen molar-refractivity contribution in [3.63, 3.8) is 0 Å². The van der Waals surface area contributed by atoms with Crippen molar-refractivity contribution >= 4 is 43.3 Å². The molecule has 102 valence electrons. The van der Waals surface area contributed by atoms with Gasteiger partial charge in [0.2, 0.25) is 0 Å². The molecule has 0 N–H and O–H groups in total. The van der Waals surface area contributed by atoms with Gasteiger partial charge in [0.05, 0.1) is 4.88 Å². The molecule has 0 unspecified atom stereocenters. The van der Waals surface area contributed by atoms with Crippen LogP contribution in [-0.4, -0.2) is 28.7 Å². The monoisotopic (exact) mass is 339 g/mol. The van der Waals surface area contributed by atoms with E-state index in [4.69, 9.17) is 0 Å². The fourth-order valence-electron chi connectivity index (χ4n) is 2.05. The van der Waals surface area contributed by atoms with Crippen LogP contribution in [0.4, 0.5) is 0 Å². The Morgan fingerprint density at radius 1 is 1.37 bits per heavy atom. The van der Waals surface area contributed by atoms with Crippen LogP contribution in [0.25, 0.3) is 10.1 Å². The Morgan fingerprint density at radius 3 is 2.74 bits per heavy atom.